The highest BCUT2D eigenvalue weighted by Gasteiger charge is 2.05. The fourth-order valence-electron chi connectivity index (χ4n) is 2.93. The molecule has 1 heteroatoms. The van der Waals surface area contributed by atoms with E-state index >= 15 is 0 Å². The van der Waals surface area contributed by atoms with Crippen LogP contribution in [0.15, 0.2) is 36.4 Å². The summed E-state index contributed by atoms with van der Waals surface area (Å²) in [6.45, 7) is 4.39. The fraction of sp³-hybridized carbons (Fsp3) is 0.333. The zero-order chi connectivity index (χ0) is 17.5. The van der Waals surface area contributed by atoms with Crippen molar-refractivity contribution in [3.05, 3.63) is 47.5 Å². The van der Waals surface area contributed by atoms with Crippen molar-refractivity contribution in [2.75, 3.05) is 0 Å². The lowest BCUT2D eigenvalue weighted by Crippen LogP contribution is -1.75. The van der Waals surface area contributed by atoms with Gasteiger partial charge in [0.2, 0.25) is 0 Å². The minimum atomic E-state index is 0.974. The van der Waals surface area contributed by atoms with E-state index in [-0.39, 0.29) is 0 Å². The Morgan fingerprint density at radius 2 is 1.20 bits per heavy atom. The number of nitrogens with one attached hydrogen (secondary N) is 1. The van der Waals surface area contributed by atoms with Gasteiger partial charge in [0.15, 0.2) is 0 Å². The van der Waals surface area contributed by atoms with Crippen LogP contribution in [0.5, 0.6) is 0 Å². The Labute approximate surface area is 150 Å². The van der Waals surface area contributed by atoms with Gasteiger partial charge in [-0.05, 0) is 37.1 Å². The van der Waals surface area contributed by atoms with E-state index in [0.717, 1.165) is 35.0 Å². The fourth-order valence-corrected chi connectivity index (χ4v) is 2.93. The van der Waals surface area contributed by atoms with E-state index in [4.69, 9.17) is 0 Å². The molecule has 2 aromatic carbocycles. The van der Waals surface area contributed by atoms with Crippen LogP contribution < -0.4 is 0 Å². The smallest absolute Gasteiger partial charge is 0.0477 e. The molecule has 0 fully saturated rings. The van der Waals surface area contributed by atoms with Crippen molar-refractivity contribution in [2.45, 2.75) is 52.4 Å². The maximum absolute atomic E-state index is 3.53. The molecule has 126 valence electrons. The maximum atomic E-state index is 3.53. The van der Waals surface area contributed by atoms with E-state index in [9.17, 15) is 0 Å². The van der Waals surface area contributed by atoms with E-state index < -0.39 is 0 Å². The molecule has 1 nitrogen and oxygen atoms in total. The third-order valence-electron chi connectivity index (χ3n) is 4.37. The SMILES string of the molecule is CCCCC#Cc1ccc2c(c1)[nH]c1cc(C#CCCCC)ccc12. The summed E-state index contributed by atoms with van der Waals surface area (Å²) in [4.78, 5) is 3.53. The summed E-state index contributed by atoms with van der Waals surface area (Å²) >= 11 is 0. The first-order valence-corrected chi connectivity index (χ1v) is 9.35. The van der Waals surface area contributed by atoms with Gasteiger partial charge in [-0.25, -0.2) is 0 Å². The molecule has 1 heterocycles. The molecule has 0 unspecified atom stereocenters. The molecular formula is C24H25N. The molecule has 0 saturated heterocycles. The quantitative estimate of drug-likeness (QED) is 0.421. The predicted octanol–water partition coefficient (Wildman–Crippen LogP) is 6.40. The molecule has 0 aliphatic rings. The normalized spacial score (nSPS) is 10.3. The molecule has 25 heavy (non-hydrogen) atoms. The monoisotopic (exact) mass is 327 g/mol. The molecule has 3 aromatic rings. The van der Waals surface area contributed by atoms with E-state index in [0.29, 0.717) is 0 Å². The second-order valence-electron chi connectivity index (χ2n) is 6.46. The Morgan fingerprint density at radius 3 is 1.64 bits per heavy atom. The minimum absolute atomic E-state index is 0.974. The van der Waals surface area contributed by atoms with Crippen molar-refractivity contribution < 1.29 is 0 Å². The van der Waals surface area contributed by atoms with Crippen LogP contribution in [0, 0.1) is 23.7 Å². The molecule has 0 spiro atoms. The largest absolute Gasteiger partial charge is 0.354 e. The molecule has 0 atom stereocenters. The Morgan fingerprint density at radius 1 is 0.720 bits per heavy atom. The van der Waals surface area contributed by atoms with Crippen LogP contribution in [-0.2, 0) is 0 Å². The predicted molar refractivity (Wildman–Crippen MR) is 109 cm³/mol. The number of unbranched alkanes of at least 4 members (excludes halogenated alkanes) is 4. The Kier molecular flexibility index (Phi) is 5.81. The lowest BCUT2D eigenvalue weighted by Gasteiger charge is -1.94. The Hall–Kier alpha value is -2.64. The highest BCUT2D eigenvalue weighted by Crippen LogP contribution is 2.26. The van der Waals surface area contributed by atoms with Crippen molar-refractivity contribution in [3.63, 3.8) is 0 Å². The van der Waals surface area contributed by atoms with Gasteiger partial charge < -0.3 is 4.98 Å². The first-order chi connectivity index (χ1) is 12.3. The molecule has 0 aliphatic heterocycles. The number of hydrogen-bond acceptors (Lipinski definition) is 0. The van der Waals surface area contributed by atoms with Gasteiger partial charge in [-0.15, -0.1) is 0 Å². The molecule has 1 aromatic heterocycles. The van der Waals surface area contributed by atoms with Crippen LogP contribution >= 0.6 is 0 Å². The third kappa shape index (κ3) is 4.26. The Balaban J connectivity index is 1.89. The van der Waals surface area contributed by atoms with Crippen LogP contribution in [0.4, 0.5) is 0 Å². The van der Waals surface area contributed by atoms with Gasteiger partial charge in [0.05, 0.1) is 0 Å². The summed E-state index contributed by atoms with van der Waals surface area (Å²) in [5, 5.41) is 2.50. The van der Waals surface area contributed by atoms with Crippen molar-refractivity contribution >= 4 is 21.8 Å². The zero-order valence-corrected chi connectivity index (χ0v) is 15.2. The van der Waals surface area contributed by atoms with Gasteiger partial charge in [0, 0.05) is 45.8 Å². The molecule has 1 N–H and O–H groups in total. The second kappa shape index (κ2) is 8.46. The van der Waals surface area contributed by atoms with Gasteiger partial charge >= 0.3 is 0 Å². The van der Waals surface area contributed by atoms with E-state index in [1.165, 1.54) is 36.5 Å². The van der Waals surface area contributed by atoms with Gasteiger partial charge in [0.1, 0.15) is 0 Å². The summed E-state index contributed by atoms with van der Waals surface area (Å²) in [6.07, 6.45) is 6.68. The zero-order valence-electron chi connectivity index (χ0n) is 15.2. The molecule has 3 rings (SSSR count). The number of fused-ring (bicyclic) bond motifs is 3. The molecular weight excluding hydrogens is 302 g/mol. The summed E-state index contributed by atoms with van der Waals surface area (Å²) < 4.78 is 0. The third-order valence-corrected chi connectivity index (χ3v) is 4.37. The molecule has 0 saturated carbocycles. The van der Waals surface area contributed by atoms with Crippen LogP contribution in [0.25, 0.3) is 21.8 Å². The van der Waals surface area contributed by atoms with Crippen molar-refractivity contribution in [1.82, 2.24) is 4.98 Å². The van der Waals surface area contributed by atoms with Crippen LogP contribution in [0.1, 0.15) is 63.5 Å². The lowest BCUT2D eigenvalue weighted by molar-refractivity contribution is 0.828. The lowest BCUT2D eigenvalue weighted by atomic mass is 10.1. The second-order valence-corrected chi connectivity index (χ2v) is 6.46. The number of rotatable bonds is 4. The molecule has 0 amide bonds. The first kappa shape index (κ1) is 17.2. The summed E-state index contributed by atoms with van der Waals surface area (Å²) in [7, 11) is 0. The maximum Gasteiger partial charge on any atom is 0.0477 e. The summed E-state index contributed by atoms with van der Waals surface area (Å²) in [6, 6.07) is 12.9. The van der Waals surface area contributed by atoms with Gasteiger partial charge in [-0.3, -0.25) is 0 Å². The Bertz CT molecular complexity index is 903. The number of hydrogen-bond donors (Lipinski definition) is 1. The van der Waals surface area contributed by atoms with E-state index in [1.54, 1.807) is 0 Å². The van der Waals surface area contributed by atoms with Crippen LogP contribution in [0.2, 0.25) is 0 Å². The number of aromatic amines is 1. The van der Waals surface area contributed by atoms with Crippen molar-refractivity contribution in [2.24, 2.45) is 0 Å². The molecule has 0 radical (unpaired) electrons. The van der Waals surface area contributed by atoms with Crippen molar-refractivity contribution in [3.8, 4) is 23.7 Å². The number of H-pyrrole nitrogens is 1. The summed E-state index contributed by atoms with van der Waals surface area (Å²) in [5.41, 5.74) is 4.45. The van der Waals surface area contributed by atoms with E-state index in [1.807, 2.05) is 0 Å². The minimum Gasteiger partial charge on any atom is -0.354 e. The van der Waals surface area contributed by atoms with Gasteiger partial charge in [-0.2, -0.15) is 0 Å². The summed E-state index contributed by atoms with van der Waals surface area (Å²) in [5.74, 6) is 13.1. The topological polar surface area (TPSA) is 15.8 Å². The molecule has 0 bridgehead atoms. The average Bonchev–Trinajstić information content (AvgIpc) is 2.99. The van der Waals surface area contributed by atoms with Crippen LogP contribution in [0.3, 0.4) is 0 Å². The van der Waals surface area contributed by atoms with Crippen LogP contribution in [-0.4, -0.2) is 4.98 Å². The highest BCUT2D eigenvalue weighted by atomic mass is 14.7. The number of aromatic nitrogens is 1. The molecule has 0 aliphatic carbocycles. The highest BCUT2D eigenvalue weighted by molar-refractivity contribution is 6.07. The van der Waals surface area contributed by atoms with Gasteiger partial charge in [-0.1, -0.05) is 62.5 Å². The van der Waals surface area contributed by atoms with Crippen molar-refractivity contribution in [1.29, 1.82) is 0 Å². The average molecular weight is 327 g/mol. The standard InChI is InChI=1S/C24H25N/c1-3-5-7-9-11-19-13-15-21-22-16-14-20(12-10-8-6-4-2)18-24(22)25-23(21)17-19/h13-18,25H,3-8H2,1-2H3. The number of benzene rings is 2. The first-order valence-electron chi connectivity index (χ1n) is 9.35. The van der Waals surface area contributed by atoms with E-state index in [2.05, 4.69) is 78.9 Å². The van der Waals surface area contributed by atoms with Gasteiger partial charge in [0.25, 0.3) is 0 Å².